The number of aliphatic carboxylic acids is 1. The van der Waals surface area contributed by atoms with Crippen molar-refractivity contribution >= 4 is 11.9 Å². The maximum atomic E-state index is 12.0. The molecule has 6 heteroatoms. The van der Waals surface area contributed by atoms with Crippen molar-refractivity contribution in [2.24, 2.45) is 0 Å². The highest BCUT2D eigenvalue weighted by atomic mass is 16.4. The van der Waals surface area contributed by atoms with Crippen LogP contribution in [-0.4, -0.2) is 28.5 Å². The lowest BCUT2D eigenvalue weighted by atomic mass is 10.2. The molecule has 2 N–H and O–H groups in total. The number of carboxylic acid groups (broad SMARTS) is 1. The second-order valence-electron chi connectivity index (χ2n) is 4.91. The fraction of sp³-hybridized carbons (Fsp3) is 0.312. The fourth-order valence-corrected chi connectivity index (χ4v) is 1.99. The van der Waals surface area contributed by atoms with Crippen LogP contribution < -0.4 is 5.32 Å². The summed E-state index contributed by atoms with van der Waals surface area (Å²) in [6.07, 6.45) is 1.24. The number of oxazole rings is 1. The van der Waals surface area contributed by atoms with E-state index in [0.717, 1.165) is 5.56 Å². The molecule has 22 heavy (non-hydrogen) atoms. The Morgan fingerprint density at radius 2 is 1.95 bits per heavy atom. The molecule has 0 spiro atoms. The Morgan fingerprint density at radius 3 is 2.64 bits per heavy atom. The summed E-state index contributed by atoms with van der Waals surface area (Å²) in [5.41, 5.74) is 1.34. The molecule has 0 atom stereocenters. The van der Waals surface area contributed by atoms with Crippen LogP contribution in [-0.2, 0) is 4.79 Å². The third-order valence-electron chi connectivity index (χ3n) is 3.13. The molecular formula is C16H18N2O4. The van der Waals surface area contributed by atoms with Crippen molar-refractivity contribution in [3.8, 4) is 11.5 Å². The van der Waals surface area contributed by atoms with Crippen molar-refractivity contribution in [2.45, 2.75) is 26.2 Å². The van der Waals surface area contributed by atoms with E-state index in [1.165, 1.54) is 0 Å². The molecule has 0 saturated carbocycles. The van der Waals surface area contributed by atoms with Gasteiger partial charge in [-0.1, -0.05) is 18.2 Å². The summed E-state index contributed by atoms with van der Waals surface area (Å²) in [4.78, 5) is 26.7. The van der Waals surface area contributed by atoms with E-state index < -0.39 is 5.97 Å². The number of carbonyl (C=O) groups is 2. The summed E-state index contributed by atoms with van der Waals surface area (Å²) in [7, 11) is 0. The predicted octanol–water partition coefficient (Wildman–Crippen LogP) is 2.63. The van der Waals surface area contributed by atoms with Crippen LogP contribution in [0.25, 0.3) is 11.5 Å². The van der Waals surface area contributed by atoms with Crippen LogP contribution in [0.5, 0.6) is 0 Å². The van der Waals surface area contributed by atoms with Gasteiger partial charge in [0.1, 0.15) is 0 Å². The predicted molar refractivity (Wildman–Crippen MR) is 80.5 cm³/mol. The van der Waals surface area contributed by atoms with Crippen LogP contribution in [0.3, 0.4) is 0 Å². The van der Waals surface area contributed by atoms with Gasteiger partial charge in [-0.05, 0) is 31.9 Å². The standard InChI is InChI=1S/C16H18N2O4/c1-11-14(15(21)17-10-6-5-9-13(19)20)22-16(18-11)12-7-3-2-4-8-12/h2-4,7-8H,5-6,9-10H2,1H3,(H,17,21)(H,19,20). The molecule has 0 aliphatic carbocycles. The molecule has 0 saturated heterocycles. The number of unbranched alkanes of at least 4 members (excludes halogenated alkanes) is 1. The molecule has 1 amide bonds. The Bertz CT molecular complexity index is 649. The molecule has 0 bridgehead atoms. The zero-order chi connectivity index (χ0) is 15.9. The first-order valence-electron chi connectivity index (χ1n) is 7.11. The number of carboxylic acids is 1. The molecular weight excluding hydrogens is 284 g/mol. The number of carbonyl (C=O) groups excluding carboxylic acids is 1. The molecule has 2 aromatic rings. The van der Waals surface area contributed by atoms with Crippen molar-refractivity contribution in [3.05, 3.63) is 41.8 Å². The first-order chi connectivity index (χ1) is 10.6. The van der Waals surface area contributed by atoms with Crippen LogP contribution in [0.2, 0.25) is 0 Å². The van der Waals surface area contributed by atoms with Gasteiger partial charge in [-0.15, -0.1) is 0 Å². The van der Waals surface area contributed by atoms with E-state index >= 15 is 0 Å². The molecule has 2 rings (SSSR count). The summed E-state index contributed by atoms with van der Waals surface area (Å²) in [5, 5.41) is 11.2. The van der Waals surface area contributed by atoms with Gasteiger partial charge >= 0.3 is 5.97 Å². The normalized spacial score (nSPS) is 10.4. The molecule has 0 unspecified atom stereocenters. The zero-order valence-corrected chi connectivity index (χ0v) is 12.3. The number of aryl methyl sites for hydroxylation is 1. The lowest BCUT2D eigenvalue weighted by Gasteiger charge is -2.02. The van der Waals surface area contributed by atoms with Gasteiger partial charge in [-0.3, -0.25) is 9.59 Å². The third-order valence-corrected chi connectivity index (χ3v) is 3.13. The van der Waals surface area contributed by atoms with Crippen molar-refractivity contribution in [1.29, 1.82) is 0 Å². The third kappa shape index (κ3) is 4.18. The highest BCUT2D eigenvalue weighted by Gasteiger charge is 2.17. The number of hydrogen-bond donors (Lipinski definition) is 2. The average Bonchev–Trinajstić information content (AvgIpc) is 2.89. The Labute approximate surface area is 128 Å². The molecule has 0 radical (unpaired) electrons. The number of hydrogen-bond acceptors (Lipinski definition) is 4. The SMILES string of the molecule is Cc1nc(-c2ccccc2)oc1C(=O)NCCCCC(=O)O. The maximum Gasteiger partial charge on any atom is 0.303 e. The van der Waals surface area contributed by atoms with E-state index in [9.17, 15) is 9.59 Å². The number of nitrogens with zero attached hydrogens (tertiary/aromatic N) is 1. The van der Waals surface area contributed by atoms with E-state index in [-0.39, 0.29) is 18.1 Å². The van der Waals surface area contributed by atoms with Gasteiger partial charge in [0.25, 0.3) is 5.91 Å². The number of benzene rings is 1. The van der Waals surface area contributed by atoms with Crippen molar-refractivity contribution in [3.63, 3.8) is 0 Å². The average molecular weight is 302 g/mol. The molecule has 0 fully saturated rings. The zero-order valence-electron chi connectivity index (χ0n) is 12.3. The molecule has 0 aliphatic heterocycles. The number of aromatic nitrogens is 1. The lowest BCUT2D eigenvalue weighted by Crippen LogP contribution is -2.24. The van der Waals surface area contributed by atoms with Gasteiger partial charge < -0.3 is 14.8 Å². The number of rotatable bonds is 7. The Balaban J connectivity index is 1.93. The minimum Gasteiger partial charge on any atom is -0.481 e. The Kier molecular flexibility index (Phi) is 5.30. The quantitative estimate of drug-likeness (QED) is 0.767. The van der Waals surface area contributed by atoms with Crippen molar-refractivity contribution in [2.75, 3.05) is 6.54 Å². The van der Waals surface area contributed by atoms with E-state index in [4.69, 9.17) is 9.52 Å². The first kappa shape index (κ1) is 15.8. The van der Waals surface area contributed by atoms with Crippen LogP contribution in [0.1, 0.15) is 35.5 Å². The monoisotopic (exact) mass is 302 g/mol. The summed E-state index contributed by atoms with van der Waals surface area (Å²) in [6, 6.07) is 9.36. The van der Waals surface area contributed by atoms with Crippen LogP contribution in [0, 0.1) is 6.92 Å². The van der Waals surface area contributed by atoms with Gasteiger partial charge in [0.05, 0.1) is 5.69 Å². The number of nitrogens with one attached hydrogen (secondary N) is 1. The summed E-state index contributed by atoms with van der Waals surface area (Å²) >= 11 is 0. The van der Waals surface area contributed by atoms with Crippen molar-refractivity contribution in [1.82, 2.24) is 10.3 Å². The molecule has 1 heterocycles. The van der Waals surface area contributed by atoms with Gasteiger partial charge in [0, 0.05) is 18.5 Å². The Morgan fingerprint density at radius 1 is 1.23 bits per heavy atom. The largest absolute Gasteiger partial charge is 0.481 e. The summed E-state index contributed by atoms with van der Waals surface area (Å²) in [6.45, 7) is 2.13. The van der Waals surface area contributed by atoms with Gasteiger partial charge in [0.15, 0.2) is 0 Å². The highest BCUT2D eigenvalue weighted by molar-refractivity contribution is 5.92. The van der Waals surface area contributed by atoms with Crippen LogP contribution >= 0.6 is 0 Å². The van der Waals surface area contributed by atoms with Gasteiger partial charge in [0.2, 0.25) is 11.7 Å². The van der Waals surface area contributed by atoms with Gasteiger partial charge in [-0.25, -0.2) is 4.98 Å². The maximum absolute atomic E-state index is 12.0. The van der Waals surface area contributed by atoms with E-state index in [0.29, 0.717) is 31.0 Å². The molecule has 116 valence electrons. The summed E-state index contributed by atoms with van der Waals surface area (Å²) < 4.78 is 5.54. The highest BCUT2D eigenvalue weighted by Crippen LogP contribution is 2.21. The summed E-state index contributed by atoms with van der Waals surface area (Å²) in [5.74, 6) is -0.557. The minimum absolute atomic E-state index is 0.107. The van der Waals surface area contributed by atoms with E-state index in [2.05, 4.69) is 10.3 Å². The second kappa shape index (κ2) is 7.40. The Hall–Kier alpha value is -2.63. The molecule has 6 nitrogen and oxygen atoms in total. The van der Waals surface area contributed by atoms with E-state index in [1.807, 2.05) is 30.3 Å². The first-order valence-corrected chi connectivity index (χ1v) is 7.11. The van der Waals surface area contributed by atoms with Crippen LogP contribution in [0.15, 0.2) is 34.7 Å². The van der Waals surface area contributed by atoms with Gasteiger partial charge in [-0.2, -0.15) is 0 Å². The molecule has 1 aromatic carbocycles. The minimum atomic E-state index is -0.829. The second-order valence-corrected chi connectivity index (χ2v) is 4.91. The van der Waals surface area contributed by atoms with Crippen molar-refractivity contribution < 1.29 is 19.1 Å². The fourth-order valence-electron chi connectivity index (χ4n) is 1.99. The topological polar surface area (TPSA) is 92.4 Å². The molecule has 1 aromatic heterocycles. The lowest BCUT2D eigenvalue weighted by molar-refractivity contribution is -0.137. The van der Waals surface area contributed by atoms with Crippen LogP contribution in [0.4, 0.5) is 0 Å². The number of amides is 1. The molecule has 0 aliphatic rings. The van der Waals surface area contributed by atoms with E-state index in [1.54, 1.807) is 6.92 Å². The smallest absolute Gasteiger partial charge is 0.303 e.